The van der Waals surface area contributed by atoms with Crippen molar-refractivity contribution in [3.8, 4) is 0 Å². The average molecular weight is 374 g/mol. The van der Waals surface area contributed by atoms with E-state index in [4.69, 9.17) is 0 Å². The molecule has 0 saturated heterocycles. The summed E-state index contributed by atoms with van der Waals surface area (Å²) in [5.74, 6) is 0.729. The minimum absolute atomic E-state index is 0.0208. The summed E-state index contributed by atoms with van der Waals surface area (Å²) in [6.45, 7) is 5.28. The number of aromatic nitrogens is 2. The van der Waals surface area contributed by atoms with Crippen LogP contribution in [-0.2, 0) is 0 Å². The minimum atomic E-state index is -0.337. The smallest absolute Gasteiger partial charge is 0.274 e. The number of nitrogens with zero attached hydrogens (tertiary/aromatic N) is 2. The van der Waals surface area contributed by atoms with Crippen LogP contribution in [0.2, 0.25) is 0 Å². The molecule has 0 radical (unpaired) electrons. The third-order valence-corrected chi connectivity index (χ3v) is 4.28. The van der Waals surface area contributed by atoms with Crippen LogP contribution in [0, 0.1) is 6.92 Å². The quantitative estimate of drug-likeness (QED) is 0.624. The molecule has 2 N–H and O–H groups in total. The summed E-state index contributed by atoms with van der Waals surface area (Å²) < 4.78 is 0. The summed E-state index contributed by atoms with van der Waals surface area (Å²) >= 11 is 0. The van der Waals surface area contributed by atoms with Crippen molar-refractivity contribution in [3.63, 3.8) is 0 Å². The molecular formula is C22H22N4O2. The zero-order valence-corrected chi connectivity index (χ0v) is 16.1. The van der Waals surface area contributed by atoms with Gasteiger partial charge in [-0.15, -0.1) is 0 Å². The highest BCUT2D eigenvalue weighted by molar-refractivity contribution is 6.03. The molecule has 0 spiro atoms. The van der Waals surface area contributed by atoms with E-state index in [0.29, 0.717) is 22.9 Å². The van der Waals surface area contributed by atoms with E-state index in [9.17, 15) is 9.59 Å². The van der Waals surface area contributed by atoms with Crippen molar-refractivity contribution in [2.24, 2.45) is 0 Å². The van der Waals surface area contributed by atoms with E-state index in [1.54, 1.807) is 37.3 Å². The fourth-order valence-corrected chi connectivity index (χ4v) is 2.79. The Morgan fingerprint density at radius 2 is 1.64 bits per heavy atom. The molecule has 6 nitrogen and oxygen atoms in total. The number of hydrogen-bond acceptors (Lipinski definition) is 5. The molecule has 0 fully saturated rings. The monoisotopic (exact) mass is 374 g/mol. The molecule has 0 aliphatic carbocycles. The Kier molecular flexibility index (Phi) is 5.79. The van der Waals surface area contributed by atoms with Crippen LogP contribution in [-0.4, -0.2) is 21.7 Å². The molecule has 1 heterocycles. The first kappa shape index (κ1) is 19.2. The molecule has 0 saturated carbocycles. The lowest BCUT2D eigenvalue weighted by Crippen LogP contribution is -2.16. The second kappa shape index (κ2) is 8.43. The number of hydrogen-bond donors (Lipinski definition) is 2. The zero-order valence-electron chi connectivity index (χ0n) is 16.1. The highest BCUT2D eigenvalue weighted by Gasteiger charge is 2.13. The normalized spacial score (nSPS) is 11.5. The maximum atomic E-state index is 12.6. The first-order chi connectivity index (χ1) is 13.4. The van der Waals surface area contributed by atoms with Gasteiger partial charge in [-0.25, -0.2) is 9.97 Å². The van der Waals surface area contributed by atoms with Gasteiger partial charge in [0.05, 0.1) is 0 Å². The first-order valence-electron chi connectivity index (χ1n) is 9.02. The SMILES string of the molecule is CC(=O)c1ccc(NC(=O)c2cc(NC(C)c3ccccc3)nc(C)n2)cc1. The molecule has 3 rings (SSSR count). The molecule has 0 bridgehead atoms. The molecule has 1 aromatic heterocycles. The van der Waals surface area contributed by atoms with E-state index in [2.05, 4.69) is 20.6 Å². The van der Waals surface area contributed by atoms with E-state index < -0.39 is 0 Å². The lowest BCUT2D eigenvalue weighted by atomic mass is 10.1. The molecule has 6 heteroatoms. The van der Waals surface area contributed by atoms with Gasteiger partial charge in [0.15, 0.2) is 5.78 Å². The molecular weight excluding hydrogens is 352 g/mol. The van der Waals surface area contributed by atoms with Crippen LogP contribution in [0.25, 0.3) is 0 Å². The highest BCUT2D eigenvalue weighted by Crippen LogP contribution is 2.19. The van der Waals surface area contributed by atoms with E-state index in [1.165, 1.54) is 6.92 Å². The number of benzene rings is 2. The molecule has 2 aromatic carbocycles. The fourth-order valence-electron chi connectivity index (χ4n) is 2.79. The zero-order chi connectivity index (χ0) is 20.1. The van der Waals surface area contributed by atoms with Crippen molar-refractivity contribution in [3.05, 3.63) is 83.3 Å². The number of Topliss-reactive ketones (excluding diaryl/α,β-unsaturated/α-hetero) is 1. The van der Waals surface area contributed by atoms with Crippen LogP contribution in [0.15, 0.2) is 60.7 Å². The maximum absolute atomic E-state index is 12.6. The predicted molar refractivity (Wildman–Crippen MR) is 110 cm³/mol. The number of nitrogens with one attached hydrogen (secondary N) is 2. The Hall–Kier alpha value is -3.54. The van der Waals surface area contributed by atoms with Gasteiger partial charge >= 0.3 is 0 Å². The van der Waals surface area contributed by atoms with E-state index in [1.807, 2.05) is 37.3 Å². The van der Waals surface area contributed by atoms with E-state index >= 15 is 0 Å². The molecule has 1 atom stereocenters. The number of aryl methyl sites for hydroxylation is 1. The Bertz CT molecular complexity index is 985. The minimum Gasteiger partial charge on any atom is -0.363 e. The van der Waals surface area contributed by atoms with Crippen LogP contribution in [0.1, 0.15) is 52.1 Å². The van der Waals surface area contributed by atoms with Gasteiger partial charge in [-0.2, -0.15) is 0 Å². The number of carbonyl (C=O) groups excluding carboxylic acids is 2. The summed E-state index contributed by atoms with van der Waals surface area (Å²) in [5.41, 5.74) is 2.58. The topological polar surface area (TPSA) is 84.0 Å². The van der Waals surface area contributed by atoms with E-state index in [0.717, 1.165) is 5.56 Å². The molecule has 0 aliphatic heterocycles. The van der Waals surface area contributed by atoms with Crippen molar-refractivity contribution in [1.82, 2.24) is 9.97 Å². The summed E-state index contributed by atoms with van der Waals surface area (Å²) in [7, 11) is 0. The third-order valence-electron chi connectivity index (χ3n) is 4.28. The summed E-state index contributed by atoms with van der Waals surface area (Å²) in [6.07, 6.45) is 0. The van der Waals surface area contributed by atoms with Crippen LogP contribution in [0.5, 0.6) is 0 Å². The largest absolute Gasteiger partial charge is 0.363 e. The molecule has 28 heavy (non-hydrogen) atoms. The van der Waals surface area contributed by atoms with Gasteiger partial charge in [-0.3, -0.25) is 9.59 Å². The number of amides is 1. The number of carbonyl (C=O) groups is 2. The van der Waals surface area contributed by atoms with Gasteiger partial charge < -0.3 is 10.6 Å². The Labute approximate surface area is 164 Å². The van der Waals surface area contributed by atoms with Crippen LogP contribution in [0.4, 0.5) is 11.5 Å². The highest BCUT2D eigenvalue weighted by atomic mass is 16.2. The van der Waals surface area contributed by atoms with Crippen LogP contribution >= 0.6 is 0 Å². The van der Waals surface area contributed by atoms with Crippen molar-refractivity contribution in [2.75, 3.05) is 10.6 Å². The van der Waals surface area contributed by atoms with E-state index in [-0.39, 0.29) is 23.4 Å². The fraction of sp³-hybridized carbons (Fsp3) is 0.182. The van der Waals surface area contributed by atoms with Crippen molar-refractivity contribution < 1.29 is 9.59 Å². The Morgan fingerprint density at radius 1 is 0.964 bits per heavy atom. The van der Waals surface area contributed by atoms with Gasteiger partial charge in [0.25, 0.3) is 5.91 Å². The van der Waals surface area contributed by atoms with Crippen molar-refractivity contribution in [1.29, 1.82) is 0 Å². The molecule has 1 amide bonds. The van der Waals surface area contributed by atoms with Gasteiger partial charge in [-0.1, -0.05) is 30.3 Å². The lowest BCUT2D eigenvalue weighted by Gasteiger charge is -2.16. The van der Waals surface area contributed by atoms with Crippen LogP contribution in [0.3, 0.4) is 0 Å². The molecule has 0 aliphatic rings. The standard InChI is InChI=1S/C22H22N4O2/c1-14(17-7-5-4-6-8-17)23-21-13-20(24-16(3)25-21)22(28)26-19-11-9-18(10-12-19)15(2)27/h4-14H,1-3H3,(H,26,28)(H,23,24,25). The third kappa shape index (κ3) is 4.79. The summed E-state index contributed by atoms with van der Waals surface area (Å²) in [5, 5.41) is 6.10. The number of ketones is 1. The number of anilines is 2. The van der Waals surface area contributed by atoms with Crippen molar-refractivity contribution >= 4 is 23.2 Å². The molecule has 1 unspecified atom stereocenters. The summed E-state index contributed by atoms with van der Waals surface area (Å²) in [4.78, 5) is 32.6. The average Bonchev–Trinajstić information content (AvgIpc) is 2.68. The Balaban J connectivity index is 1.74. The van der Waals surface area contributed by atoms with Crippen LogP contribution < -0.4 is 10.6 Å². The van der Waals surface area contributed by atoms with Gasteiger partial charge in [0.2, 0.25) is 0 Å². The second-order valence-electron chi connectivity index (χ2n) is 6.55. The molecule has 3 aromatic rings. The Morgan fingerprint density at radius 3 is 2.29 bits per heavy atom. The predicted octanol–water partition coefficient (Wildman–Crippen LogP) is 4.41. The number of rotatable bonds is 6. The van der Waals surface area contributed by atoms with Gasteiger partial charge in [0, 0.05) is 23.4 Å². The van der Waals surface area contributed by atoms with Crippen molar-refractivity contribution in [2.45, 2.75) is 26.8 Å². The second-order valence-corrected chi connectivity index (χ2v) is 6.55. The summed E-state index contributed by atoms with van der Waals surface area (Å²) in [6, 6.07) is 18.4. The van der Waals surface area contributed by atoms with Gasteiger partial charge in [0.1, 0.15) is 17.3 Å². The first-order valence-corrected chi connectivity index (χ1v) is 9.02. The lowest BCUT2D eigenvalue weighted by molar-refractivity contribution is 0.101. The van der Waals surface area contributed by atoms with Gasteiger partial charge in [-0.05, 0) is 50.6 Å². The molecule has 142 valence electrons. The maximum Gasteiger partial charge on any atom is 0.274 e.